The number of para-hydroxylation sites is 1. The highest BCUT2D eigenvalue weighted by Crippen LogP contribution is 2.19. The number of guanidine groups is 1. The summed E-state index contributed by atoms with van der Waals surface area (Å²) in [5.41, 5.74) is 1.12. The molecule has 1 aromatic carbocycles. The van der Waals surface area contributed by atoms with Gasteiger partial charge < -0.3 is 20.3 Å². The molecule has 1 unspecified atom stereocenters. The Bertz CT molecular complexity index is 524. The number of rotatable bonds is 8. The van der Waals surface area contributed by atoms with Gasteiger partial charge in [-0.2, -0.15) is 0 Å². The average Bonchev–Trinajstić information content (AvgIpc) is 3.07. The number of halogens is 1. The Balaban J connectivity index is 0.00000312. The minimum absolute atomic E-state index is 0. The number of benzene rings is 1. The topological polar surface area (TPSA) is 48.9 Å². The zero-order valence-corrected chi connectivity index (χ0v) is 18.1. The highest BCUT2D eigenvalue weighted by atomic mass is 127. The lowest BCUT2D eigenvalue weighted by Crippen LogP contribution is -2.40. The Morgan fingerprint density at radius 3 is 2.72 bits per heavy atom. The van der Waals surface area contributed by atoms with Gasteiger partial charge in [0.05, 0.1) is 13.2 Å². The fourth-order valence-corrected chi connectivity index (χ4v) is 3.04. The second-order valence-corrected chi connectivity index (χ2v) is 6.16. The Labute approximate surface area is 169 Å². The van der Waals surface area contributed by atoms with Gasteiger partial charge in [-0.1, -0.05) is 25.1 Å². The standard InChI is InChI=1S/C19H32N4O.HI/c1-4-20-19(21-13-16-11-12-23(5-2)15-16)22-14-17-9-7-8-10-18(17)24-6-3;/h7-10,16H,4-6,11-15H2,1-3H3,(H2,20,21,22);1H. The highest BCUT2D eigenvalue weighted by Gasteiger charge is 2.20. The van der Waals surface area contributed by atoms with Gasteiger partial charge >= 0.3 is 0 Å². The maximum atomic E-state index is 5.68. The predicted octanol–water partition coefficient (Wildman–Crippen LogP) is 3.10. The second kappa shape index (κ2) is 12.4. The zero-order valence-electron chi connectivity index (χ0n) is 15.8. The Morgan fingerprint density at radius 1 is 1.24 bits per heavy atom. The number of hydrogen-bond acceptors (Lipinski definition) is 3. The second-order valence-electron chi connectivity index (χ2n) is 6.16. The summed E-state index contributed by atoms with van der Waals surface area (Å²) in [6.07, 6.45) is 1.27. The van der Waals surface area contributed by atoms with Crippen LogP contribution in [0.4, 0.5) is 0 Å². The summed E-state index contributed by atoms with van der Waals surface area (Å²) in [7, 11) is 0. The summed E-state index contributed by atoms with van der Waals surface area (Å²) in [6.45, 7) is 13.0. The number of nitrogens with one attached hydrogen (secondary N) is 2. The molecule has 5 nitrogen and oxygen atoms in total. The molecule has 25 heavy (non-hydrogen) atoms. The number of hydrogen-bond donors (Lipinski definition) is 2. The van der Waals surface area contributed by atoms with Gasteiger partial charge in [-0.25, -0.2) is 4.99 Å². The van der Waals surface area contributed by atoms with Crippen molar-refractivity contribution in [3.05, 3.63) is 29.8 Å². The number of aliphatic imine (C=N–C) groups is 1. The molecule has 1 saturated heterocycles. The van der Waals surface area contributed by atoms with Gasteiger partial charge in [-0.3, -0.25) is 0 Å². The lowest BCUT2D eigenvalue weighted by molar-refractivity contribution is 0.336. The first kappa shape index (κ1) is 22.0. The van der Waals surface area contributed by atoms with Gasteiger partial charge in [0.2, 0.25) is 0 Å². The molecule has 1 atom stereocenters. The van der Waals surface area contributed by atoms with E-state index in [0.29, 0.717) is 19.1 Å². The smallest absolute Gasteiger partial charge is 0.191 e. The summed E-state index contributed by atoms with van der Waals surface area (Å²) in [5.74, 6) is 2.53. The quantitative estimate of drug-likeness (QED) is 0.356. The van der Waals surface area contributed by atoms with Crippen LogP contribution in [-0.4, -0.2) is 50.2 Å². The van der Waals surface area contributed by atoms with E-state index >= 15 is 0 Å². The van der Waals surface area contributed by atoms with Crippen LogP contribution in [0.5, 0.6) is 5.75 Å². The average molecular weight is 460 g/mol. The van der Waals surface area contributed by atoms with Gasteiger partial charge in [0.15, 0.2) is 5.96 Å². The molecule has 2 N–H and O–H groups in total. The van der Waals surface area contributed by atoms with Crippen LogP contribution in [0.3, 0.4) is 0 Å². The third-order valence-electron chi connectivity index (χ3n) is 4.40. The summed E-state index contributed by atoms with van der Waals surface area (Å²) in [6, 6.07) is 8.12. The van der Waals surface area contributed by atoms with Crippen molar-refractivity contribution in [3.63, 3.8) is 0 Å². The van der Waals surface area contributed by atoms with Crippen LogP contribution in [0.15, 0.2) is 29.3 Å². The SMILES string of the molecule is CCNC(=NCc1ccccc1OCC)NCC1CCN(CC)C1.I. The highest BCUT2D eigenvalue weighted by molar-refractivity contribution is 14.0. The molecule has 1 aromatic rings. The zero-order chi connectivity index (χ0) is 17.2. The van der Waals surface area contributed by atoms with E-state index in [1.165, 1.54) is 19.5 Å². The van der Waals surface area contributed by atoms with E-state index in [4.69, 9.17) is 9.73 Å². The Kier molecular flexibility index (Phi) is 10.9. The van der Waals surface area contributed by atoms with Crippen molar-refractivity contribution in [3.8, 4) is 5.75 Å². The molecule has 0 aliphatic carbocycles. The van der Waals surface area contributed by atoms with Crippen molar-refractivity contribution >= 4 is 29.9 Å². The fraction of sp³-hybridized carbons (Fsp3) is 0.632. The number of nitrogens with zero attached hydrogens (tertiary/aromatic N) is 2. The summed E-state index contributed by atoms with van der Waals surface area (Å²) in [5, 5.41) is 6.84. The Morgan fingerprint density at radius 2 is 2.04 bits per heavy atom. The predicted molar refractivity (Wildman–Crippen MR) is 116 cm³/mol. The van der Waals surface area contributed by atoms with Crippen LogP contribution < -0.4 is 15.4 Å². The lowest BCUT2D eigenvalue weighted by atomic mass is 10.1. The van der Waals surface area contributed by atoms with Crippen LogP contribution in [-0.2, 0) is 6.54 Å². The molecule has 1 aliphatic rings. The Hall–Kier alpha value is -1.02. The maximum absolute atomic E-state index is 5.68. The monoisotopic (exact) mass is 460 g/mol. The van der Waals surface area contributed by atoms with Gasteiger partial charge in [0.1, 0.15) is 5.75 Å². The summed E-state index contributed by atoms with van der Waals surface area (Å²) < 4.78 is 5.68. The molecule has 1 fully saturated rings. The third kappa shape index (κ3) is 7.40. The van der Waals surface area contributed by atoms with Crippen LogP contribution >= 0.6 is 24.0 Å². The first-order valence-electron chi connectivity index (χ1n) is 9.22. The lowest BCUT2D eigenvalue weighted by Gasteiger charge is -2.16. The summed E-state index contributed by atoms with van der Waals surface area (Å²) in [4.78, 5) is 7.24. The molecular weight excluding hydrogens is 427 g/mol. The van der Waals surface area contributed by atoms with Crippen LogP contribution in [0.25, 0.3) is 0 Å². The van der Waals surface area contributed by atoms with Gasteiger partial charge in [0, 0.05) is 25.2 Å². The third-order valence-corrected chi connectivity index (χ3v) is 4.40. The fourth-order valence-electron chi connectivity index (χ4n) is 3.04. The first-order valence-corrected chi connectivity index (χ1v) is 9.22. The van der Waals surface area contributed by atoms with E-state index in [0.717, 1.165) is 36.9 Å². The minimum atomic E-state index is 0. The normalized spacial score (nSPS) is 17.9. The van der Waals surface area contributed by atoms with Crippen molar-refractivity contribution < 1.29 is 4.74 Å². The van der Waals surface area contributed by atoms with Crippen LogP contribution in [0, 0.1) is 5.92 Å². The van der Waals surface area contributed by atoms with E-state index < -0.39 is 0 Å². The number of likely N-dealkylation sites (tertiary alicyclic amines) is 1. The van der Waals surface area contributed by atoms with E-state index in [2.05, 4.69) is 35.4 Å². The van der Waals surface area contributed by atoms with Crippen LogP contribution in [0.2, 0.25) is 0 Å². The first-order chi connectivity index (χ1) is 11.8. The van der Waals surface area contributed by atoms with Crippen LogP contribution in [0.1, 0.15) is 32.8 Å². The molecule has 0 amide bonds. The van der Waals surface area contributed by atoms with Crippen molar-refractivity contribution in [2.24, 2.45) is 10.9 Å². The van der Waals surface area contributed by atoms with Crippen molar-refractivity contribution in [2.75, 3.05) is 39.3 Å². The molecule has 2 rings (SSSR count). The molecule has 0 spiro atoms. The van der Waals surface area contributed by atoms with E-state index in [9.17, 15) is 0 Å². The molecular formula is C19H33IN4O. The van der Waals surface area contributed by atoms with E-state index in [1.807, 2.05) is 25.1 Å². The molecule has 0 aromatic heterocycles. The van der Waals surface area contributed by atoms with Gasteiger partial charge in [-0.15, -0.1) is 24.0 Å². The molecule has 142 valence electrons. The molecule has 0 bridgehead atoms. The van der Waals surface area contributed by atoms with Crippen molar-refractivity contribution in [1.29, 1.82) is 0 Å². The molecule has 1 heterocycles. The van der Waals surface area contributed by atoms with Gasteiger partial charge in [0.25, 0.3) is 0 Å². The summed E-state index contributed by atoms with van der Waals surface area (Å²) >= 11 is 0. The largest absolute Gasteiger partial charge is 0.494 e. The van der Waals surface area contributed by atoms with E-state index in [1.54, 1.807) is 0 Å². The molecule has 6 heteroatoms. The van der Waals surface area contributed by atoms with Crippen molar-refractivity contribution in [1.82, 2.24) is 15.5 Å². The number of ether oxygens (including phenoxy) is 1. The molecule has 0 radical (unpaired) electrons. The minimum Gasteiger partial charge on any atom is -0.494 e. The van der Waals surface area contributed by atoms with Crippen molar-refractivity contribution in [2.45, 2.75) is 33.7 Å². The molecule has 1 aliphatic heterocycles. The molecule has 0 saturated carbocycles. The maximum Gasteiger partial charge on any atom is 0.191 e. The van der Waals surface area contributed by atoms with Gasteiger partial charge in [-0.05, 0) is 45.3 Å². The van der Waals surface area contributed by atoms with E-state index in [-0.39, 0.29) is 24.0 Å².